The lowest BCUT2D eigenvalue weighted by molar-refractivity contribution is -0.0375. The van der Waals surface area contributed by atoms with Crippen LogP contribution in [0.15, 0.2) is 83.9 Å². The Morgan fingerprint density at radius 1 is 1.09 bits per heavy atom. The van der Waals surface area contributed by atoms with Crippen molar-refractivity contribution in [2.75, 3.05) is 50.5 Å². The quantitative estimate of drug-likeness (QED) is 0.106. The summed E-state index contributed by atoms with van der Waals surface area (Å²) in [5.41, 5.74) is 9.09. The van der Waals surface area contributed by atoms with Gasteiger partial charge in [-0.2, -0.15) is 5.10 Å². The predicted molar refractivity (Wildman–Crippen MR) is 222 cm³/mol. The largest absolute Gasteiger partial charge is 0.451 e. The van der Waals surface area contributed by atoms with Gasteiger partial charge in [0.05, 0.1) is 23.0 Å². The van der Waals surface area contributed by atoms with E-state index in [1.807, 2.05) is 70.3 Å². The Balaban J connectivity index is 0.000000180. The first-order valence-electron chi connectivity index (χ1n) is 18.4. The molecule has 3 aliphatic rings. The van der Waals surface area contributed by atoms with Gasteiger partial charge in [-0.15, -0.1) is 0 Å². The number of nitrogens with zero attached hydrogens (tertiary/aromatic N) is 3. The summed E-state index contributed by atoms with van der Waals surface area (Å²) in [5, 5.41) is 15.1. The second-order valence-electron chi connectivity index (χ2n) is 13.4. The van der Waals surface area contributed by atoms with E-state index in [0.29, 0.717) is 16.7 Å². The number of aldehydes is 1. The van der Waals surface area contributed by atoms with Gasteiger partial charge < -0.3 is 24.8 Å². The molecule has 1 saturated heterocycles. The van der Waals surface area contributed by atoms with E-state index in [4.69, 9.17) is 25.8 Å². The van der Waals surface area contributed by atoms with Crippen molar-refractivity contribution in [3.05, 3.63) is 112 Å². The Kier molecular flexibility index (Phi) is 14.8. The maximum Gasteiger partial charge on any atom is 0.238 e. The summed E-state index contributed by atoms with van der Waals surface area (Å²) in [6, 6.07) is 21.7. The van der Waals surface area contributed by atoms with Crippen molar-refractivity contribution in [2.24, 2.45) is 4.99 Å². The number of para-hydroxylation sites is 1. The van der Waals surface area contributed by atoms with Gasteiger partial charge in [0.15, 0.2) is 11.5 Å². The van der Waals surface area contributed by atoms with Gasteiger partial charge in [-0.25, -0.2) is 4.39 Å². The first-order valence-corrected chi connectivity index (χ1v) is 18.8. The number of aromatic amines is 1. The van der Waals surface area contributed by atoms with E-state index in [0.717, 1.165) is 102 Å². The highest BCUT2D eigenvalue weighted by atomic mass is 35.5. The highest BCUT2D eigenvalue weighted by Gasteiger charge is 2.25. The van der Waals surface area contributed by atoms with Crippen molar-refractivity contribution in [3.8, 4) is 11.5 Å². The molecular formula is C43H50ClFN6O4. The highest BCUT2D eigenvalue weighted by molar-refractivity contribution is 6.30. The number of aryl methyl sites for hydroxylation is 2. The molecule has 5 aromatic rings. The Morgan fingerprint density at radius 2 is 1.87 bits per heavy atom. The zero-order valence-corrected chi connectivity index (χ0v) is 32.9. The SMILES string of the molecule is C=Nc1cc(NC)ccc1NCCN1CC=C(c2cccc3c2OC(C)O3)CC1.C[C@@H]1CCO1.Cc1[nH]nc2c(C)cc(C=O)cc12.Fc1cccc(Cl)c1. The minimum absolute atomic E-state index is 0.213. The van der Waals surface area contributed by atoms with Crippen LogP contribution in [-0.2, 0) is 4.74 Å². The zero-order chi connectivity index (χ0) is 39.3. The second kappa shape index (κ2) is 19.9. The van der Waals surface area contributed by atoms with Crippen LogP contribution in [0.1, 0.15) is 53.9 Å². The third kappa shape index (κ3) is 11.4. The van der Waals surface area contributed by atoms with Gasteiger partial charge >= 0.3 is 0 Å². The lowest BCUT2D eigenvalue weighted by Gasteiger charge is -2.27. The van der Waals surface area contributed by atoms with Crippen LogP contribution in [-0.4, -0.2) is 80.3 Å². The molecule has 8 rings (SSSR count). The number of H-pyrrole nitrogens is 1. The molecule has 0 amide bonds. The monoisotopic (exact) mass is 768 g/mol. The molecule has 0 spiro atoms. The first kappa shape index (κ1) is 40.9. The Labute approximate surface area is 327 Å². The number of ether oxygens (including phenoxy) is 3. The number of rotatable bonds is 8. The van der Waals surface area contributed by atoms with Crippen LogP contribution in [0, 0.1) is 19.7 Å². The third-order valence-electron chi connectivity index (χ3n) is 9.31. The molecule has 55 heavy (non-hydrogen) atoms. The van der Waals surface area contributed by atoms with Gasteiger partial charge in [-0.1, -0.05) is 35.9 Å². The number of hydrogen-bond donors (Lipinski definition) is 3. The number of aromatic nitrogens is 2. The molecule has 1 aromatic heterocycles. The van der Waals surface area contributed by atoms with E-state index < -0.39 is 0 Å². The van der Waals surface area contributed by atoms with E-state index in [-0.39, 0.29) is 12.1 Å². The van der Waals surface area contributed by atoms with Crippen LogP contribution in [0.5, 0.6) is 11.5 Å². The first-order chi connectivity index (χ1) is 26.6. The van der Waals surface area contributed by atoms with Crippen LogP contribution < -0.4 is 20.1 Å². The van der Waals surface area contributed by atoms with Crippen molar-refractivity contribution in [2.45, 2.75) is 52.9 Å². The molecule has 2 atom stereocenters. The number of carbonyl (C=O) groups excluding carboxylic acids is 1. The van der Waals surface area contributed by atoms with Crippen molar-refractivity contribution in [3.63, 3.8) is 0 Å². The Bertz CT molecular complexity index is 2080. The van der Waals surface area contributed by atoms with Crippen LogP contribution in [0.2, 0.25) is 5.02 Å². The normalized spacial score (nSPS) is 16.8. The molecule has 3 aliphatic heterocycles. The maximum absolute atomic E-state index is 12.1. The summed E-state index contributed by atoms with van der Waals surface area (Å²) in [6.45, 7) is 16.4. The minimum atomic E-state index is -0.294. The minimum Gasteiger partial charge on any atom is -0.451 e. The van der Waals surface area contributed by atoms with Crippen LogP contribution in [0.4, 0.5) is 21.5 Å². The summed E-state index contributed by atoms with van der Waals surface area (Å²) < 4.78 is 28.6. The Hall–Kier alpha value is -5.23. The highest BCUT2D eigenvalue weighted by Crippen LogP contribution is 2.42. The summed E-state index contributed by atoms with van der Waals surface area (Å²) in [5.74, 6) is 1.44. The van der Waals surface area contributed by atoms with Crippen molar-refractivity contribution in [1.82, 2.24) is 15.1 Å². The van der Waals surface area contributed by atoms with E-state index in [9.17, 15) is 9.18 Å². The molecule has 3 N–H and O–H groups in total. The van der Waals surface area contributed by atoms with Crippen LogP contribution >= 0.6 is 11.6 Å². The maximum atomic E-state index is 12.1. The van der Waals surface area contributed by atoms with E-state index in [2.05, 4.69) is 56.5 Å². The lowest BCUT2D eigenvalue weighted by atomic mass is 9.98. The number of anilines is 2. The van der Waals surface area contributed by atoms with E-state index in [1.165, 1.54) is 24.1 Å². The molecule has 1 fully saturated rings. The number of carbonyl (C=O) groups is 1. The van der Waals surface area contributed by atoms with Gasteiger partial charge in [0.2, 0.25) is 6.29 Å². The predicted octanol–water partition coefficient (Wildman–Crippen LogP) is 9.65. The molecule has 1 unspecified atom stereocenters. The van der Waals surface area contributed by atoms with Gasteiger partial charge in [-0.05, 0) is 106 Å². The number of fused-ring (bicyclic) bond motifs is 2. The van der Waals surface area contributed by atoms with Crippen LogP contribution in [0.3, 0.4) is 0 Å². The molecule has 0 saturated carbocycles. The average Bonchev–Trinajstić information content (AvgIpc) is 3.76. The zero-order valence-electron chi connectivity index (χ0n) is 32.1. The van der Waals surface area contributed by atoms with E-state index >= 15 is 0 Å². The third-order valence-corrected chi connectivity index (χ3v) is 9.54. The number of halogens is 2. The molecule has 0 radical (unpaired) electrons. The summed E-state index contributed by atoms with van der Waals surface area (Å²) >= 11 is 5.40. The molecule has 290 valence electrons. The molecule has 12 heteroatoms. The second-order valence-corrected chi connectivity index (χ2v) is 13.8. The summed E-state index contributed by atoms with van der Waals surface area (Å²) in [7, 11) is 1.90. The van der Waals surface area contributed by atoms with Crippen molar-refractivity contribution >= 4 is 58.1 Å². The van der Waals surface area contributed by atoms with Gasteiger partial charge in [0, 0.05) is 79.7 Å². The molecular weight excluding hydrogens is 719 g/mol. The average molecular weight is 769 g/mol. The fourth-order valence-electron chi connectivity index (χ4n) is 6.15. The molecule has 0 aliphatic carbocycles. The van der Waals surface area contributed by atoms with Gasteiger partial charge in [0.1, 0.15) is 12.1 Å². The van der Waals surface area contributed by atoms with E-state index in [1.54, 1.807) is 12.1 Å². The standard InChI is InChI=1S/C23H28N4O2.C10H10N2O.C6H4ClF.C4H8O/c1-16-28-22-6-4-5-19(23(22)29-16)17-9-12-27(13-10-17)14-11-26-20-8-7-18(24-2)15-21(20)25-3;1-6-3-8(5-13)4-9-7(2)11-12-10(6)9;7-5-2-1-3-6(8)4-5;1-4-2-3-5-4/h4-9,15-16,24,26H,3,10-14H2,1-2H3;3-5H,1-2H3,(H,11,12);1-4H;4H,2-3H2,1H3/t;;;4-/m...1/s1. The molecule has 4 aromatic carbocycles. The van der Waals surface area contributed by atoms with Crippen molar-refractivity contribution in [1.29, 1.82) is 0 Å². The molecule has 10 nitrogen and oxygen atoms in total. The smallest absolute Gasteiger partial charge is 0.238 e. The number of nitrogens with one attached hydrogen (secondary N) is 3. The van der Waals surface area contributed by atoms with Crippen LogP contribution in [0.25, 0.3) is 16.5 Å². The van der Waals surface area contributed by atoms with Crippen molar-refractivity contribution < 1.29 is 23.4 Å². The van der Waals surface area contributed by atoms with Gasteiger partial charge in [-0.3, -0.25) is 19.8 Å². The topological polar surface area (TPSA) is 113 Å². The molecule has 0 bridgehead atoms. The molecule has 4 heterocycles. The fourth-order valence-corrected chi connectivity index (χ4v) is 6.33. The lowest BCUT2D eigenvalue weighted by Crippen LogP contribution is -2.32. The summed E-state index contributed by atoms with van der Waals surface area (Å²) in [4.78, 5) is 17.2. The Morgan fingerprint density at radius 3 is 2.49 bits per heavy atom. The summed E-state index contributed by atoms with van der Waals surface area (Å²) in [6.07, 6.45) is 5.79. The fraction of sp³-hybridized carbons (Fsp3) is 0.326. The van der Waals surface area contributed by atoms with Gasteiger partial charge in [0.25, 0.3) is 0 Å². The number of benzene rings is 4. The number of aliphatic imine (C=N–C) groups is 1. The number of hydrogen-bond acceptors (Lipinski definition) is 9.